The summed E-state index contributed by atoms with van der Waals surface area (Å²) in [5, 5.41) is 0. The maximum absolute atomic E-state index is 11.3. The zero-order chi connectivity index (χ0) is 11.1. The van der Waals surface area contributed by atoms with E-state index >= 15 is 0 Å². The topological polar surface area (TPSA) is 17.1 Å². The number of carbonyl (C=O) groups excluding carboxylic acids is 1. The summed E-state index contributed by atoms with van der Waals surface area (Å²) >= 11 is 3.37. The van der Waals surface area contributed by atoms with Gasteiger partial charge < -0.3 is 0 Å². The Morgan fingerprint density at radius 3 is 2.60 bits per heavy atom. The van der Waals surface area contributed by atoms with E-state index in [1.54, 1.807) is 6.08 Å². The molecular weight excluding hydrogens is 252 g/mol. The number of rotatable bonds is 5. The molecule has 0 N–H and O–H groups in total. The molecule has 0 aliphatic heterocycles. The molecular formula is C13H15BrO. The Labute approximate surface area is 99.3 Å². The van der Waals surface area contributed by atoms with Crippen LogP contribution in [0.25, 0.3) is 6.08 Å². The number of hydrogen-bond donors (Lipinski definition) is 0. The molecule has 0 radical (unpaired) electrons. The number of carbonyl (C=O) groups is 1. The predicted octanol–water partition coefficient (Wildman–Crippen LogP) is 4.22. The van der Waals surface area contributed by atoms with Crippen molar-refractivity contribution in [3.8, 4) is 0 Å². The summed E-state index contributed by atoms with van der Waals surface area (Å²) in [5.41, 5.74) is 1.06. The summed E-state index contributed by atoms with van der Waals surface area (Å²) in [7, 11) is 0. The highest BCUT2D eigenvalue weighted by Crippen LogP contribution is 2.11. The molecule has 0 saturated carbocycles. The van der Waals surface area contributed by atoms with Crippen LogP contribution in [0.5, 0.6) is 0 Å². The molecule has 0 aliphatic rings. The van der Waals surface area contributed by atoms with Crippen molar-refractivity contribution in [1.29, 1.82) is 0 Å². The highest BCUT2D eigenvalue weighted by atomic mass is 79.9. The second-order valence-electron chi connectivity index (χ2n) is 3.45. The molecule has 1 nitrogen and oxygen atoms in total. The molecule has 0 atom stereocenters. The zero-order valence-electron chi connectivity index (χ0n) is 8.87. The summed E-state index contributed by atoms with van der Waals surface area (Å²) in [5.74, 6) is 0.208. The Morgan fingerprint density at radius 2 is 2.00 bits per heavy atom. The maximum atomic E-state index is 11.3. The van der Waals surface area contributed by atoms with E-state index in [1.807, 2.05) is 30.3 Å². The quantitative estimate of drug-likeness (QED) is 0.730. The molecule has 1 aromatic rings. The number of allylic oxidation sites excluding steroid dienone is 1. The highest BCUT2D eigenvalue weighted by molar-refractivity contribution is 9.10. The van der Waals surface area contributed by atoms with Gasteiger partial charge >= 0.3 is 0 Å². The van der Waals surface area contributed by atoms with Crippen LogP contribution in [0.4, 0.5) is 0 Å². The monoisotopic (exact) mass is 266 g/mol. The molecule has 0 heterocycles. The molecule has 0 aliphatic carbocycles. The molecule has 0 unspecified atom stereocenters. The molecule has 0 fully saturated rings. The summed E-state index contributed by atoms with van der Waals surface area (Å²) in [6.45, 7) is 2.09. The number of benzene rings is 1. The van der Waals surface area contributed by atoms with Gasteiger partial charge in [-0.05, 0) is 30.2 Å². The predicted molar refractivity (Wildman–Crippen MR) is 67.7 cm³/mol. The SMILES string of the molecule is CCCCC(=O)/C=C/c1ccc(Br)cc1. The third-order valence-corrected chi connectivity index (χ3v) is 2.64. The van der Waals surface area contributed by atoms with Gasteiger partial charge in [0, 0.05) is 10.9 Å². The second kappa shape index (κ2) is 6.57. The van der Waals surface area contributed by atoms with Crippen LogP contribution in [0.2, 0.25) is 0 Å². The molecule has 0 aromatic heterocycles. The minimum absolute atomic E-state index is 0.208. The van der Waals surface area contributed by atoms with Gasteiger partial charge in [-0.15, -0.1) is 0 Å². The number of hydrogen-bond acceptors (Lipinski definition) is 1. The molecule has 2 heteroatoms. The van der Waals surface area contributed by atoms with Gasteiger partial charge in [0.1, 0.15) is 0 Å². The van der Waals surface area contributed by atoms with Crippen LogP contribution >= 0.6 is 15.9 Å². The van der Waals surface area contributed by atoms with E-state index in [0.717, 1.165) is 22.9 Å². The summed E-state index contributed by atoms with van der Waals surface area (Å²) < 4.78 is 1.05. The van der Waals surface area contributed by atoms with Gasteiger partial charge in [-0.25, -0.2) is 0 Å². The molecule has 15 heavy (non-hydrogen) atoms. The van der Waals surface area contributed by atoms with Crippen LogP contribution in [0.15, 0.2) is 34.8 Å². The van der Waals surface area contributed by atoms with Crippen molar-refractivity contribution in [1.82, 2.24) is 0 Å². The standard InChI is InChI=1S/C13H15BrO/c1-2-3-4-13(15)10-7-11-5-8-12(14)9-6-11/h5-10H,2-4H2,1H3/b10-7+. The molecule has 0 spiro atoms. The van der Waals surface area contributed by atoms with Crippen molar-refractivity contribution >= 4 is 27.8 Å². The minimum Gasteiger partial charge on any atom is -0.295 e. The third kappa shape index (κ3) is 4.93. The first-order chi connectivity index (χ1) is 7.22. The fraction of sp³-hybridized carbons (Fsp3) is 0.308. The fourth-order valence-corrected chi connectivity index (χ4v) is 1.46. The van der Waals surface area contributed by atoms with Gasteiger partial charge in [0.2, 0.25) is 0 Å². The summed E-state index contributed by atoms with van der Waals surface area (Å²) in [4.78, 5) is 11.3. The third-order valence-electron chi connectivity index (χ3n) is 2.11. The van der Waals surface area contributed by atoms with Crippen LogP contribution in [-0.2, 0) is 4.79 Å². The normalized spacial score (nSPS) is 10.8. The average molecular weight is 267 g/mol. The number of ketones is 1. The number of halogens is 1. The minimum atomic E-state index is 0.208. The lowest BCUT2D eigenvalue weighted by molar-refractivity contribution is -0.114. The summed E-state index contributed by atoms with van der Waals surface area (Å²) in [6.07, 6.45) is 6.23. The van der Waals surface area contributed by atoms with Crippen molar-refractivity contribution < 1.29 is 4.79 Å². The van der Waals surface area contributed by atoms with E-state index in [-0.39, 0.29) is 5.78 Å². The van der Waals surface area contributed by atoms with E-state index in [0.29, 0.717) is 6.42 Å². The first-order valence-corrected chi connectivity index (χ1v) is 5.98. The van der Waals surface area contributed by atoms with Crippen LogP contribution in [-0.4, -0.2) is 5.78 Å². The molecule has 80 valence electrons. The van der Waals surface area contributed by atoms with Crippen LogP contribution < -0.4 is 0 Å². The van der Waals surface area contributed by atoms with Gasteiger partial charge in [-0.3, -0.25) is 4.79 Å². The average Bonchev–Trinajstić information content (AvgIpc) is 2.25. The van der Waals surface area contributed by atoms with Gasteiger partial charge in [-0.2, -0.15) is 0 Å². The maximum Gasteiger partial charge on any atom is 0.155 e. The van der Waals surface area contributed by atoms with Crippen LogP contribution in [0.3, 0.4) is 0 Å². The molecule has 0 saturated heterocycles. The first-order valence-electron chi connectivity index (χ1n) is 5.19. The lowest BCUT2D eigenvalue weighted by Crippen LogP contribution is -1.90. The Bertz CT molecular complexity index is 338. The Kier molecular flexibility index (Phi) is 5.33. The molecule has 1 aromatic carbocycles. The highest BCUT2D eigenvalue weighted by Gasteiger charge is 1.94. The summed E-state index contributed by atoms with van der Waals surface area (Å²) in [6, 6.07) is 7.90. The first kappa shape index (κ1) is 12.2. The van der Waals surface area contributed by atoms with E-state index < -0.39 is 0 Å². The van der Waals surface area contributed by atoms with Gasteiger partial charge in [0.25, 0.3) is 0 Å². The van der Waals surface area contributed by atoms with E-state index in [2.05, 4.69) is 22.9 Å². The fourth-order valence-electron chi connectivity index (χ4n) is 1.20. The Hall–Kier alpha value is -0.890. The lowest BCUT2D eigenvalue weighted by Gasteiger charge is -1.94. The Balaban J connectivity index is 2.50. The van der Waals surface area contributed by atoms with E-state index in [4.69, 9.17) is 0 Å². The van der Waals surface area contributed by atoms with Crippen LogP contribution in [0.1, 0.15) is 31.7 Å². The van der Waals surface area contributed by atoms with Gasteiger partial charge in [0.15, 0.2) is 5.78 Å². The lowest BCUT2D eigenvalue weighted by atomic mass is 10.1. The van der Waals surface area contributed by atoms with Crippen molar-refractivity contribution in [2.24, 2.45) is 0 Å². The molecule has 0 amide bonds. The van der Waals surface area contributed by atoms with Crippen molar-refractivity contribution in [3.63, 3.8) is 0 Å². The van der Waals surface area contributed by atoms with Crippen molar-refractivity contribution in [2.75, 3.05) is 0 Å². The van der Waals surface area contributed by atoms with Gasteiger partial charge in [-0.1, -0.05) is 47.5 Å². The smallest absolute Gasteiger partial charge is 0.155 e. The Morgan fingerprint density at radius 1 is 1.33 bits per heavy atom. The van der Waals surface area contributed by atoms with Gasteiger partial charge in [0.05, 0.1) is 0 Å². The van der Waals surface area contributed by atoms with E-state index in [9.17, 15) is 4.79 Å². The zero-order valence-corrected chi connectivity index (χ0v) is 10.5. The second-order valence-corrected chi connectivity index (χ2v) is 4.37. The van der Waals surface area contributed by atoms with E-state index in [1.165, 1.54) is 0 Å². The number of unbranched alkanes of at least 4 members (excludes halogenated alkanes) is 1. The van der Waals surface area contributed by atoms with Crippen LogP contribution in [0, 0.1) is 0 Å². The largest absolute Gasteiger partial charge is 0.295 e. The molecule has 0 bridgehead atoms. The molecule has 1 rings (SSSR count). The van der Waals surface area contributed by atoms with Crippen molar-refractivity contribution in [3.05, 3.63) is 40.4 Å². The van der Waals surface area contributed by atoms with Crippen molar-refractivity contribution in [2.45, 2.75) is 26.2 Å².